The van der Waals surface area contributed by atoms with E-state index >= 15 is 0 Å². The van der Waals surface area contributed by atoms with E-state index in [2.05, 4.69) is 11.9 Å². The van der Waals surface area contributed by atoms with Crippen LogP contribution >= 0.6 is 0 Å². The third kappa shape index (κ3) is 4.91. The Morgan fingerprint density at radius 3 is 2.83 bits per heavy atom. The zero-order valence-electron chi connectivity index (χ0n) is 7.44. The number of hydrogen-bond donors (Lipinski definition) is 2. The van der Waals surface area contributed by atoms with E-state index in [0.717, 1.165) is 6.42 Å². The second-order valence-corrected chi connectivity index (χ2v) is 2.47. The summed E-state index contributed by atoms with van der Waals surface area (Å²) in [6, 6.07) is 0. The van der Waals surface area contributed by atoms with Gasteiger partial charge in [0, 0.05) is 6.54 Å². The van der Waals surface area contributed by atoms with E-state index in [1.54, 1.807) is 0 Å². The molecule has 0 spiro atoms. The molecule has 3 heteroatoms. The molecule has 0 aromatic rings. The van der Waals surface area contributed by atoms with Crippen molar-refractivity contribution in [2.24, 2.45) is 0 Å². The first-order chi connectivity index (χ1) is 5.72. The van der Waals surface area contributed by atoms with Crippen LogP contribution in [0.2, 0.25) is 0 Å². The van der Waals surface area contributed by atoms with Crippen molar-refractivity contribution in [2.45, 2.75) is 19.8 Å². The summed E-state index contributed by atoms with van der Waals surface area (Å²) < 4.78 is 12.9. The number of aliphatic hydroxyl groups is 1. The molecule has 0 rings (SSSR count). The lowest BCUT2D eigenvalue weighted by atomic mass is 10.3. The molecule has 0 bridgehead atoms. The standard InChI is InChI=1S/C9H16FNO/c1-3-4-5-9(10)8(2)11-6-7-12/h5,11-12H,2-4,6-7H2,1H3/b9-5+. The average molecular weight is 173 g/mol. The second kappa shape index (κ2) is 6.85. The zero-order chi connectivity index (χ0) is 9.40. The Balaban J connectivity index is 3.75. The third-order valence-corrected chi connectivity index (χ3v) is 1.35. The molecule has 2 N–H and O–H groups in total. The minimum Gasteiger partial charge on any atom is -0.395 e. The second-order valence-electron chi connectivity index (χ2n) is 2.47. The summed E-state index contributed by atoms with van der Waals surface area (Å²) >= 11 is 0. The Morgan fingerprint density at radius 1 is 1.67 bits per heavy atom. The molecular weight excluding hydrogens is 157 g/mol. The molecule has 0 unspecified atom stereocenters. The molecule has 0 aromatic heterocycles. The van der Waals surface area contributed by atoms with E-state index in [1.807, 2.05) is 6.92 Å². The van der Waals surface area contributed by atoms with E-state index in [-0.39, 0.29) is 18.1 Å². The number of hydrogen-bond acceptors (Lipinski definition) is 2. The quantitative estimate of drug-likeness (QED) is 0.599. The molecule has 12 heavy (non-hydrogen) atoms. The lowest BCUT2D eigenvalue weighted by molar-refractivity contribution is 0.296. The zero-order valence-corrected chi connectivity index (χ0v) is 7.44. The Morgan fingerprint density at radius 2 is 2.33 bits per heavy atom. The van der Waals surface area contributed by atoms with Gasteiger partial charge in [0.05, 0.1) is 12.3 Å². The maximum atomic E-state index is 12.9. The van der Waals surface area contributed by atoms with Crippen molar-refractivity contribution in [3.05, 3.63) is 24.2 Å². The Kier molecular flexibility index (Phi) is 6.38. The number of nitrogens with one attached hydrogen (secondary N) is 1. The summed E-state index contributed by atoms with van der Waals surface area (Å²) in [6.07, 6.45) is 3.12. The van der Waals surface area contributed by atoms with Crippen LogP contribution < -0.4 is 5.32 Å². The highest BCUT2D eigenvalue weighted by Crippen LogP contribution is 2.07. The Labute approximate surface area is 72.8 Å². The van der Waals surface area contributed by atoms with Gasteiger partial charge >= 0.3 is 0 Å². The van der Waals surface area contributed by atoms with Crippen LogP contribution in [-0.2, 0) is 0 Å². The highest BCUT2D eigenvalue weighted by atomic mass is 19.1. The summed E-state index contributed by atoms with van der Waals surface area (Å²) in [5.41, 5.74) is 0.248. The van der Waals surface area contributed by atoms with E-state index in [1.165, 1.54) is 6.08 Å². The topological polar surface area (TPSA) is 32.3 Å². The maximum absolute atomic E-state index is 12.9. The molecule has 0 amide bonds. The largest absolute Gasteiger partial charge is 0.395 e. The number of allylic oxidation sites excluding steroid dienone is 2. The van der Waals surface area contributed by atoms with Gasteiger partial charge in [0.15, 0.2) is 0 Å². The lowest BCUT2D eigenvalue weighted by Gasteiger charge is -2.04. The molecule has 2 nitrogen and oxygen atoms in total. The van der Waals surface area contributed by atoms with Gasteiger partial charge < -0.3 is 10.4 Å². The van der Waals surface area contributed by atoms with Crippen molar-refractivity contribution < 1.29 is 9.50 Å². The summed E-state index contributed by atoms with van der Waals surface area (Å²) in [6.45, 7) is 5.79. The average Bonchev–Trinajstić information content (AvgIpc) is 2.10. The van der Waals surface area contributed by atoms with Crippen LogP contribution in [0.3, 0.4) is 0 Å². The molecule has 0 atom stereocenters. The first kappa shape index (κ1) is 11.2. The van der Waals surface area contributed by atoms with Crippen LogP contribution in [0.5, 0.6) is 0 Å². The van der Waals surface area contributed by atoms with Gasteiger partial charge in [-0.3, -0.25) is 0 Å². The molecule has 0 aromatic carbocycles. The molecule has 0 aliphatic heterocycles. The molecule has 0 heterocycles. The van der Waals surface area contributed by atoms with Crippen LogP contribution in [-0.4, -0.2) is 18.3 Å². The van der Waals surface area contributed by atoms with Crippen molar-refractivity contribution in [3.63, 3.8) is 0 Å². The summed E-state index contributed by atoms with van der Waals surface area (Å²) in [7, 11) is 0. The van der Waals surface area contributed by atoms with Gasteiger partial charge in [-0.1, -0.05) is 19.9 Å². The van der Waals surface area contributed by atoms with E-state index in [4.69, 9.17) is 5.11 Å². The SMILES string of the molecule is C=C(NCCO)/C(F)=C\CCC. The number of halogens is 1. The van der Waals surface area contributed by atoms with Crippen LogP contribution in [0.1, 0.15) is 19.8 Å². The molecule has 0 aliphatic carbocycles. The fourth-order valence-electron chi connectivity index (χ4n) is 0.685. The smallest absolute Gasteiger partial charge is 0.141 e. The fraction of sp³-hybridized carbons (Fsp3) is 0.556. The minimum atomic E-state index is -0.328. The monoisotopic (exact) mass is 173 g/mol. The van der Waals surface area contributed by atoms with Gasteiger partial charge in [0.2, 0.25) is 0 Å². The molecular formula is C9H16FNO. The highest BCUT2D eigenvalue weighted by Gasteiger charge is 1.98. The predicted molar refractivity (Wildman–Crippen MR) is 48.3 cm³/mol. The number of aliphatic hydroxyl groups excluding tert-OH is 1. The van der Waals surface area contributed by atoms with Crippen molar-refractivity contribution in [1.29, 1.82) is 0 Å². The first-order valence-corrected chi connectivity index (χ1v) is 4.12. The first-order valence-electron chi connectivity index (χ1n) is 4.12. The maximum Gasteiger partial charge on any atom is 0.141 e. The van der Waals surface area contributed by atoms with Crippen molar-refractivity contribution in [2.75, 3.05) is 13.2 Å². The number of rotatable bonds is 6. The van der Waals surface area contributed by atoms with Crippen molar-refractivity contribution in [1.82, 2.24) is 5.32 Å². The third-order valence-electron chi connectivity index (χ3n) is 1.35. The molecule has 70 valence electrons. The van der Waals surface area contributed by atoms with Gasteiger partial charge in [-0.05, 0) is 12.5 Å². The van der Waals surface area contributed by atoms with Crippen LogP contribution in [0.4, 0.5) is 4.39 Å². The van der Waals surface area contributed by atoms with E-state index in [0.29, 0.717) is 13.0 Å². The normalized spacial score (nSPS) is 11.4. The molecule has 0 radical (unpaired) electrons. The Hall–Kier alpha value is -0.830. The van der Waals surface area contributed by atoms with Crippen LogP contribution in [0.25, 0.3) is 0 Å². The predicted octanol–water partition coefficient (Wildman–Crippen LogP) is 1.74. The molecule has 0 aliphatic rings. The molecule has 0 saturated carbocycles. The summed E-state index contributed by atoms with van der Waals surface area (Å²) in [4.78, 5) is 0. The lowest BCUT2D eigenvalue weighted by Crippen LogP contribution is -2.17. The van der Waals surface area contributed by atoms with Crippen molar-refractivity contribution in [3.8, 4) is 0 Å². The van der Waals surface area contributed by atoms with Crippen molar-refractivity contribution >= 4 is 0 Å². The summed E-state index contributed by atoms with van der Waals surface area (Å²) in [5, 5.41) is 11.1. The van der Waals surface area contributed by atoms with Gasteiger partial charge in [0.25, 0.3) is 0 Å². The highest BCUT2D eigenvalue weighted by molar-refractivity contribution is 5.19. The van der Waals surface area contributed by atoms with Gasteiger partial charge in [-0.2, -0.15) is 0 Å². The van der Waals surface area contributed by atoms with E-state index in [9.17, 15) is 4.39 Å². The molecule has 0 fully saturated rings. The van der Waals surface area contributed by atoms with Gasteiger partial charge in [-0.25, -0.2) is 4.39 Å². The van der Waals surface area contributed by atoms with Gasteiger partial charge in [-0.15, -0.1) is 0 Å². The number of unbranched alkanes of at least 4 members (excludes halogenated alkanes) is 1. The van der Waals surface area contributed by atoms with Gasteiger partial charge in [0.1, 0.15) is 5.83 Å². The van der Waals surface area contributed by atoms with Crippen LogP contribution in [0, 0.1) is 0 Å². The Bertz CT molecular complexity index is 166. The molecule has 0 saturated heterocycles. The van der Waals surface area contributed by atoms with Crippen LogP contribution in [0.15, 0.2) is 24.2 Å². The fourth-order valence-corrected chi connectivity index (χ4v) is 0.685. The summed E-state index contributed by atoms with van der Waals surface area (Å²) in [5.74, 6) is -0.328. The van der Waals surface area contributed by atoms with E-state index < -0.39 is 0 Å². The minimum absolute atomic E-state index is 0.0138.